The van der Waals surface area contributed by atoms with Crippen LogP contribution >= 0.6 is 11.8 Å². The lowest BCUT2D eigenvalue weighted by Crippen LogP contribution is -2.03. The molecular weight excluding hydrogens is 404 g/mol. The first-order valence-electron chi connectivity index (χ1n) is 9.11. The summed E-state index contributed by atoms with van der Waals surface area (Å²) in [6, 6.07) is 16.4. The lowest BCUT2D eigenvalue weighted by molar-refractivity contribution is 0.340. The normalized spacial score (nSPS) is 16.7. The first kappa shape index (κ1) is 20.9. The maximum atomic E-state index is 12.4. The molecule has 0 saturated carbocycles. The van der Waals surface area contributed by atoms with Gasteiger partial charge in [-0.15, -0.1) is 0 Å². The maximum Gasteiger partial charge on any atom is 0.358 e. The predicted octanol–water partition coefficient (Wildman–Crippen LogP) is 5.20. The molecule has 2 aromatic rings. The second-order valence-corrected chi connectivity index (χ2v) is 9.04. The summed E-state index contributed by atoms with van der Waals surface area (Å²) in [5, 5.41) is 13.7. The smallest absolute Gasteiger partial charge is 0.264 e. The fourth-order valence-electron chi connectivity index (χ4n) is 2.85. The van der Waals surface area contributed by atoms with Crippen molar-refractivity contribution < 1.29 is 12.7 Å². The Morgan fingerprint density at radius 1 is 1.14 bits per heavy atom. The average molecular weight is 425 g/mol. The van der Waals surface area contributed by atoms with Crippen LogP contribution in [0.25, 0.3) is 5.57 Å². The van der Waals surface area contributed by atoms with Gasteiger partial charge in [-0.05, 0) is 54.3 Å². The van der Waals surface area contributed by atoms with Gasteiger partial charge in [-0.25, -0.2) is 0 Å². The Balaban J connectivity index is 1.77. The van der Waals surface area contributed by atoms with Crippen molar-refractivity contribution in [3.8, 4) is 6.07 Å². The van der Waals surface area contributed by atoms with Crippen molar-refractivity contribution in [1.29, 1.82) is 5.26 Å². The van der Waals surface area contributed by atoms with E-state index in [2.05, 4.69) is 18.1 Å². The molecule has 5 nitrogen and oxygen atoms in total. The van der Waals surface area contributed by atoms with Crippen LogP contribution in [0.4, 0.5) is 0 Å². The van der Waals surface area contributed by atoms with Crippen molar-refractivity contribution in [3.63, 3.8) is 0 Å². The van der Waals surface area contributed by atoms with Crippen LogP contribution in [0.5, 0.6) is 0 Å². The number of hydrogen-bond acceptors (Lipinski definition) is 6. The number of benzene rings is 2. The molecule has 0 aliphatic carbocycles. The number of thioether (sulfide) groups is 1. The van der Waals surface area contributed by atoms with Crippen LogP contribution in [-0.4, -0.2) is 13.5 Å². The van der Waals surface area contributed by atoms with Crippen LogP contribution in [0.15, 0.2) is 75.6 Å². The van der Waals surface area contributed by atoms with E-state index in [1.807, 2.05) is 31.2 Å². The third-order valence-corrected chi connectivity index (χ3v) is 6.44. The molecule has 0 aromatic heterocycles. The van der Waals surface area contributed by atoms with Crippen LogP contribution in [0.3, 0.4) is 0 Å². The van der Waals surface area contributed by atoms with Crippen molar-refractivity contribution in [2.24, 2.45) is 5.16 Å². The minimum Gasteiger partial charge on any atom is -0.264 e. The maximum absolute atomic E-state index is 12.4. The van der Waals surface area contributed by atoms with Crippen molar-refractivity contribution in [3.05, 3.63) is 82.3 Å². The van der Waals surface area contributed by atoms with E-state index in [0.29, 0.717) is 15.5 Å². The monoisotopic (exact) mass is 424 g/mol. The van der Waals surface area contributed by atoms with Crippen molar-refractivity contribution >= 4 is 32.5 Å². The van der Waals surface area contributed by atoms with E-state index in [1.165, 1.54) is 23.9 Å². The minimum absolute atomic E-state index is 0.0575. The molecule has 148 valence electrons. The Morgan fingerprint density at radius 2 is 1.86 bits per heavy atom. The summed E-state index contributed by atoms with van der Waals surface area (Å²) < 4.78 is 29.6. The van der Waals surface area contributed by atoms with Crippen molar-refractivity contribution in [2.75, 3.05) is 0 Å². The third-order valence-electron chi connectivity index (χ3n) is 4.34. The fourth-order valence-corrected chi connectivity index (χ4v) is 4.46. The number of allylic oxidation sites excluding steroid dienone is 2. The Labute approximate surface area is 175 Å². The lowest BCUT2D eigenvalue weighted by atomic mass is 10.0. The van der Waals surface area contributed by atoms with Gasteiger partial charge >= 0.3 is 10.1 Å². The standard InChI is InChI=1S/C22H20N2O3S2/c1-3-6-17-9-11-18(12-10-17)29(25,26)27-24-22-14-13-21(28-22)20(15-23)19-8-5-4-7-16(19)2/h4-5,7-14H,3,6H2,1-2H3. The average Bonchev–Trinajstić information content (AvgIpc) is 3.18. The quantitative estimate of drug-likeness (QED) is 0.470. The summed E-state index contributed by atoms with van der Waals surface area (Å²) in [6.07, 6.45) is 5.25. The second-order valence-electron chi connectivity index (χ2n) is 6.45. The highest BCUT2D eigenvalue weighted by Gasteiger charge is 2.19. The van der Waals surface area contributed by atoms with Gasteiger partial charge in [-0.3, -0.25) is 4.28 Å². The van der Waals surface area contributed by atoms with Gasteiger partial charge in [0.2, 0.25) is 0 Å². The number of hydrogen-bond donors (Lipinski definition) is 0. The van der Waals surface area contributed by atoms with Gasteiger partial charge in [0, 0.05) is 4.91 Å². The zero-order chi connectivity index (χ0) is 20.9. The van der Waals surface area contributed by atoms with Crippen LogP contribution in [0, 0.1) is 18.3 Å². The number of rotatable bonds is 6. The molecule has 0 bridgehead atoms. The molecule has 2 aromatic carbocycles. The first-order valence-corrected chi connectivity index (χ1v) is 11.3. The van der Waals surface area contributed by atoms with Crippen molar-refractivity contribution in [1.82, 2.24) is 0 Å². The van der Waals surface area contributed by atoms with E-state index in [4.69, 9.17) is 4.28 Å². The SMILES string of the molecule is CCCc1ccc(S(=O)(=O)ON=C2C=CC(=C(C#N)c3ccccc3C)S2)cc1. The molecule has 0 atom stereocenters. The summed E-state index contributed by atoms with van der Waals surface area (Å²) in [5.74, 6) is 0. The molecule has 0 amide bonds. The molecule has 7 heteroatoms. The minimum atomic E-state index is -4.00. The van der Waals surface area contributed by atoms with Gasteiger partial charge in [0.1, 0.15) is 16.0 Å². The van der Waals surface area contributed by atoms with E-state index >= 15 is 0 Å². The van der Waals surface area contributed by atoms with Crippen LogP contribution < -0.4 is 0 Å². The number of nitriles is 1. The van der Waals surface area contributed by atoms with E-state index in [9.17, 15) is 13.7 Å². The Bertz CT molecular complexity index is 1140. The van der Waals surface area contributed by atoms with Crippen LogP contribution in [0.2, 0.25) is 0 Å². The zero-order valence-corrected chi connectivity index (χ0v) is 17.8. The molecule has 1 heterocycles. The van der Waals surface area contributed by atoms with Crippen molar-refractivity contribution in [2.45, 2.75) is 31.6 Å². The zero-order valence-electron chi connectivity index (χ0n) is 16.1. The van der Waals surface area contributed by atoms with Crippen LogP contribution in [0.1, 0.15) is 30.0 Å². The largest absolute Gasteiger partial charge is 0.358 e. The molecule has 0 N–H and O–H groups in total. The molecule has 1 aliphatic heterocycles. The van der Waals surface area contributed by atoms with Gasteiger partial charge in [-0.2, -0.15) is 13.7 Å². The summed E-state index contributed by atoms with van der Waals surface area (Å²) in [7, 11) is -4.00. The van der Waals surface area contributed by atoms with Gasteiger partial charge in [-0.1, -0.05) is 66.7 Å². The first-order chi connectivity index (χ1) is 13.9. The van der Waals surface area contributed by atoms with Gasteiger partial charge < -0.3 is 0 Å². The highest BCUT2D eigenvalue weighted by Crippen LogP contribution is 2.35. The number of nitrogens with zero attached hydrogens (tertiary/aromatic N) is 2. The number of aryl methyl sites for hydroxylation is 2. The van der Waals surface area contributed by atoms with Gasteiger partial charge in [0.15, 0.2) is 0 Å². The van der Waals surface area contributed by atoms with E-state index < -0.39 is 10.1 Å². The van der Waals surface area contributed by atoms with E-state index in [0.717, 1.165) is 29.5 Å². The van der Waals surface area contributed by atoms with E-state index in [1.54, 1.807) is 24.3 Å². The summed E-state index contributed by atoms with van der Waals surface area (Å²) in [6.45, 7) is 4.00. The van der Waals surface area contributed by atoms with Crippen LogP contribution in [-0.2, 0) is 20.8 Å². The molecule has 0 fully saturated rings. The summed E-state index contributed by atoms with van der Waals surface area (Å²) in [4.78, 5) is 0.757. The predicted molar refractivity (Wildman–Crippen MR) is 117 cm³/mol. The third kappa shape index (κ3) is 4.97. The summed E-state index contributed by atoms with van der Waals surface area (Å²) in [5.41, 5.74) is 3.41. The fraction of sp³-hybridized carbons (Fsp3) is 0.182. The molecule has 3 rings (SSSR count). The van der Waals surface area contributed by atoms with Gasteiger partial charge in [0.05, 0.1) is 5.57 Å². The van der Waals surface area contributed by atoms with Gasteiger partial charge in [0.25, 0.3) is 0 Å². The molecule has 0 saturated heterocycles. The summed E-state index contributed by atoms with van der Waals surface area (Å²) >= 11 is 1.20. The highest BCUT2D eigenvalue weighted by molar-refractivity contribution is 8.18. The molecule has 1 aliphatic rings. The second kappa shape index (κ2) is 9.12. The molecular formula is C22H20N2O3S2. The lowest BCUT2D eigenvalue weighted by Gasteiger charge is -2.06. The number of oxime groups is 1. The molecule has 29 heavy (non-hydrogen) atoms. The molecule has 0 radical (unpaired) electrons. The Morgan fingerprint density at radius 3 is 2.52 bits per heavy atom. The molecule has 0 spiro atoms. The Kier molecular flexibility index (Phi) is 6.57. The highest BCUT2D eigenvalue weighted by atomic mass is 32.2. The van der Waals surface area contributed by atoms with E-state index in [-0.39, 0.29) is 4.90 Å². The topological polar surface area (TPSA) is 79.5 Å². The molecule has 0 unspecified atom stereocenters. The Hall–Kier alpha value is -2.82.